The van der Waals surface area contributed by atoms with Crippen molar-refractivity contribution in [3.8, 4) is 0 Å². The van der Waals surface area contributed by atoms with Crippen LogP contribution in [0.15, 0.2) is 23.2 Å². The minimum Gasteiger partial charge on any atom is -0.338 e. The second kappa shape index (κ2) is 9.26. The highest BCUT2D eigenvalue weighted by Crippen LogP contribution is 2.34. The summed E-state index contributed by atoms with van der Waals surface area (Å²) in [4.78, 5) is 33.1. The minimum atomic E-state index is -0.790. The van der Waals surface area contributed by atoms with Gasteiger partial charge in [-0.1, -0.05) is 27.2 Å². The van der Waals surface area contributed by atoms with E-state index in [9.17, 15) is 18.4 Å². The number of halogens is 2. The normalized spacial score (nSPS) is 18.1. The van der Waals surface area contributed by atoms with Gasteiger partial charge in [-0.3, -0.25) is 14.6 Å². The second-order valence-corrected chi connectivity index (χ2v) is 6.98. The Labute approximate surface area is 165 Å². The molecule has 0 aliphatic carbocycles. The molecule has 2 aliphatic heterocycles. The number of nitrogens with zero attached hydrogens (tertiary/aromatic N) is 3. The number of likely N-dealkylation sites (tertiary alicyclic amines) is 1. The number of piperidine rings is 1. The van der Waals surface area contributed by atoms with Gasteiger partial charge in [0.25, 0.3) is 11.8 Å². The van der Waals surface area contributed by atoms with E-state index in [1.54, 1.807) is 11.9 Å². The first-order chi connectivity index (χ1) is 13.4. The standard InChI is InChI=1S/C19H23F2N3O2.C2H6/c1-3-4-5-16-22-19(18(26)23(16)2)6-8-24(9-7-19)17(25)13-10-14(20)12-15(21)11-13;1-2/h10-12H,3-9H2,1-2H3;1-2H3. The van der Waals surface area contributed by atoms with Gasteiger partial charge in [0.15, 0.2) is 0 Å². The molecule has 28 heavy (non-hydrogen) atoms. The molecule has 2 amide bonds. The molecule has 5 nitrogen and oxygen atoms in total. The molecule has 154 valence electrons. The Morgan fingerprint density at radius 3 is 2.25 bits per heavy atom. The topological polar surface area (TPSA) is 53.0 Å². The van der Waals surface area contributed by atoms with E-state index in [1.807, 2.05) is 13.8 Å². The van der Waals surface area contributed by atoms with E-state index in [1.165, 1.54) is 4.90 Å². The number of amides is 2. The van der Waals surface area contributed by atoms with Crippen LogP contribution in [0.1, 0.15) is 63.2 Å². The van der Waals surface area contributed by atoms with Gasteiger partial charge < -0.3 is 9.80 Å². The molecule has 1 fully saturated rings. The number of aliphatic imine (C=N–C) groups is 1. The monoisotopic (exact) mass is 393 g/mol. The highest BCUT2D eigenvalue weighted by atomic mass is 19.1. The minimum absolute atomic E-state index is 0.0135. The zero-order valence-electron chi connectivity index (χ0n) is 17.1. The highest BCUT2D eigenvalue weighted by molar-refractivity contribution is 6.08. The summed E-state index contributed by atoms with van der Waals surface area (Å²) in [5.41, 5.74) is -0.803. The van der Waals surface area contributed by atoms with Gasteiger partial charge in [-0.2, -0.15) is 0 Å². The number of likely N-dealkylation sites (N-methyl/N-ethyl adjacent to an activating group) is 1. The third kappa shape index (κ3) is 4.39. The summed E-state index contributed by atoms with van der Waals surface area (Å²) in [6.07, 6.45) is 3.62. The fourth-order valence-corrected chi connectivity index (χ4v) is 3.62. The largest absolute Gasteiger partial charge is 0.338 e. The van der Waals surface area contributed by atoms with Crippen LogP contribution in [0.3, 0.4) is 0 Å². The van der Waals surface area contributed by atoms with Crippen molar-refractivity contribution in [1.29, 1.82) is 0 Å². The Balaban J connectivity index is 0.00000136. The van der Waals surface area contributed by atoms with Crippen molar-refractivity contribution in [1.82, 2.24) is 9.80 Å². The fourth-order valence-electron chi connectivity index (χ4n) is 3.62. The summed E-state index contributed by atoms with van der Waals surface area (Å²) < 4.78 is 26.7. The van der Waals surface area contributed by atoms with Crippen LogP contribution < -0.4 is 0 Å². The van der Waals surface area contributed by atoms with Gasteiger partial charge in [0.1, 0.15) is 23.0 Å². The predicted octanol–water partition coefficient (Wildman–Crippen LogP) is 4.03. The van der Waals surface area contributed by atoms with E-state index in [0.717, 1.165) is 43.3 Å². The Hall–Kier alpha value is -2.31. The Kier molecular flexibility index (Phi) is 7.27. The van der Waals surface area contributed by atoms with Crippen molar-refractivity contribution < 1.29 is 18.4 Å². The molecule has 0 atom stereocenters. The lowest BCUT2D eigenvalue weighted by molar-refractivity contribution is -0.131. The zero-order valence-corrected chi connectivity index (χ0v) is 17.1. The molecular formula is C21H29F2N3O2. The van der Waals surface area contributed by atoms with Crippen molar-refractivity contribution in [3.05, 3.63) is 35.4 Å². The number of rotatable bonds is 4. The molecule has 2 heterocycles. The zero-order chi connectivity index (χ0) is 20.9. The van der Waals surface area contributed by atoms with Crippen LogP contribution in [0.5, 0.6) is 0 Å². The smallest absolute Gasteiger partial charge is 0.255 e. The molecule has 7 heteroatoms. The van der Waals surface area contributed by atoms with Crippen LogP contribution in [-0.4, -0.2) is 53.1 Å². The summed E-state index contributed by atoms with van der Waals surface area (Å²) in [7, 11) is 1.75. The van der Waals surface area contributed by atoms with E-state index < -0.39 is 23.1 Å². The number of carbonyl (C=O) groups excluding carboxylic acids is 2. The molecule has 0 aromatic heterocycles. The molecule has 2 aliphatic rings. The molecular weight excluding hydrogens is 364 g/mol. The number of unbranched alkanes of at least 4 members (excludes halogenated alkanes) is 1. The van der Waals surface area contributed by atoms with Gasteiger partial charge in [-0.25, -0.2) is 8.78 Å². The Bertz CT molecular complexity index is 736. The van der Waals surface area contributed by atoms with E-state index in [-0.39, 0.29) is 11.5 Å². The Morgan fingerprint density at radius 1 is 1.14 bits per heavy atom. The van der Waals surface area contributed by atoms with Gasteiger partial charge >= 0.3 is 0 Å². The lowest BCUT2D eigenvalue weighted by Gasteiger charge is -2.36. The number of hydrogen-bond donors (Lipinski definition) is 0. The molecule has 0 bridgehead atoms. The maximum atomic E-state index is 13.4. The maximum absolute atomic E-state index is 13.4. The van der Waals surface area contributed by atoms with Crippen molar-refractivity contribution in [3.63, 3.8) is 0 Å². The number of hydrogen-bond acceptors (Lipinski definition) is 3. The third-order valence-corrected chi connectivity index (χ3v) is 5.17. The van der Waals surface area contributed by atoms with Crippen molar-refractivity contribution in [2.75, 3.05) is 20.1 Å². The second-order valence-electron chi connectivity index (χ2n) is 6.98. The quantitative estimate of drug-likeness (QED) is 0.776. The van der Waals surface area contributed by atoms with Crippen LogP contribution in [-0.2, 0) is 4.79 Å². The van der Waals surface area contributed by atoms with Crippen molar-refractivity contribution >= 4 is 17.6 Å². The van der Waals surface area contributed by atoms with Crippen LogP contribution in [0.2, 0.25) is 0 Å². The molecule has 0 N–H and O–H groups in total. The summed E-state index contributed by atoms with van der Waals surface area (Å²) in [5, 5.41) is 0. The van der Waals surface area contributed by atoms with E-state index in [4.69, 9.17) is 4.99 Å². The number of amidine groups is 1. The van der Waals surface area contributed by atoms with Gasteiger partial charge in [-0.15, -0.1) is 0 Å². The lowest BCUT2D eigenvalue weighted by atomic mass is 9.87. The van der Waals surface area contributed by atoms with Crippen molar-refractivity contribution in [2.45, 2.75) is 58.4 Å². The molecule has 1 saturated heterocycles. The summed E-state index contributed by atoms with van der Waals surface area (Å²) in [6.45, 7) is 6.76. The summed E-state index contributed by atoms with van der Waals surface area (Å²) in [6, 6.07) is 2.80. The van der Waals surface area contributed by atoms with E-state index in [0.29, 0.717) is 25.9 Å². The molecule has 1 aromatic carbocycles. The molecule has 0 radical (unpaired) electrons. The van der Waals surface area contributed by atoms with Gasteiger partial charge in [0.05, 0.1) is 0 Å². The van der Waals surface area contributed by atoms with Crippen LogP contribution >= 0.6 is 0 Å². The highest BCUT2D eigenvalue weighted by Gasteiger charge is 2.48. The van der Waals surface area contributed by atoms with Gasteiger partial charge in [0.2, 0.25) is 0 Å². The maximum Gasteiger partial charge on any atom is 0.255 e. The molecule has 1 aromatic rings. The molecule has 3 rings (SSSR count). The molecule has 0 saturated carbocycles. The third-order valence-electron chi connectivity index (χ3n) is 5.17. The Morgan fingerprint density at radius 2 is 1.71 bits per heavy atom. The first kappa shape index (κ1) is 22.0. The number of benzene rings is 1. The van der Waals surface area contributed by atoms with Crippen molar-refractivity contribution in [2.24, 2.45) is 4.99 Å². The molecule has 1 spiro atoms. The average Bonchev–Trinajstić information content (AvgIpc) is 2.92. The SMILES string of the molecule is CC.CCCCC1=NC2(CCN(C(=O)c3cc(F)cc(F)c3)CC2)C(=O)N1C. The van der Waals surface area contributed by atoms with Crippen LogP contribution in [0.25, 0.3) is 0 Å². The van der Waals surface area contributed by atoms with Gasteiger partial charge in [0, 0.05) is 38.2 Å². The average molecular weight is 393 g/mol. The first-order valence-electron chi connectivity index (χ1n) is 9.98. The van der Waals surface area contributed by atoms with E-state index in [2.05, 4.69) is 6.92 Å². The first-order valence-corrected chi connectivity index (χ1v) is 9.98. The van der Waals surface area contributed by atoms with E-state index >= 15 is 0 Å². The van der Waals surface area contributed by atoms with Crippen LogP contribution in [0, 0.1) is 11.6 Å². The fraction of sp³-hybridized carbons (Fsp3) is 0.571. The summed E-state index contributed by atoms with van der Waals surface area (Å²) >= 11 is 0. The van der Waals surface area contributed by atoms with Crippen LogP contribution in [0.4, 0.5) is 8.78 Å². The molecule has 0 unspecified atom stereocenters. The summed E-state index contributed by atoms with van der Waals surface area (Å²) in [5.74, 6) is -1.19. The lowest BCUT2D eigenvalue weighted by Crippen LogP contribution is -2.50. The van der Waals surface area contributed by atoms with Gasteiger partial charge in [-0.05, 0) is 31.4 Å². The number of carbonyl (C=O) groups is 2. The predicted molar refractivity (Wildman–Crippen MR) is 105 cm³/mol.